The minimum atomic E-state index is 0.113. The number of aliphatic hydroxyl groups excluding tert-OH is 1. The quantitative estimate of drug-likeness (QED) is 0.858. The number of hydrogen-bond acceptors (Lipinski definition) is 3. The molecule has 1 atom stereocenters. The van der Waals surface area contributed by atoms with Crippen molar-refractivity contribution < 1.29 is 5.11 Å². The molecule has 0 aliphatic rings. The summed E-state index contributed by atoms with van der Waals surface area (Å²) in [5, 5.41) is 16.5. The van der Waals surface area contributed by atoms with Gasteiger partial charge in [0.2, 0.25) is 0 Å². The Balaban J connectivity index is 1.92. The number of nitrogens with one attached hydrogen (secondary N) is 1. The molecule has 19 heavy (non-hydrogen) atoms. The molecule has 1 aromatic heterocycles. The summed E-state index contributed by atoms with van der Waals surface area (Å²) in [6.07, 6.45) is 3.78. The van der Waals surface area contributed by atoms with E-state index in [0.717, 1.165) is 16.6 Å². The Morgan fingerprint density at radius 2 is 2.21 bits per heavy atom. The van der Waals surface area contributed by atoms with Gasteiger partial charge in [0.1, 0.15) is 0 Å². The molecule has 0 saturated carbocycles. The average Bonchev–Trinajstić information content (AvgIpc) is 2.85. The Morgan fingerprint density at radius 1 is 1.42 bits per heavy atom. The van der Waals surface area contributed by atoms with Crippen molar-refractivity contribution in [3.05, 3.63) is 52.3 Å². The van der Waals surface area contributed by atoms with Gasteiger partial charge >= 0.3 is 0 Å². The van der Waals surface area contributed by atoms with E-state index in [-0.39, 0.29) is 12.6 Å². The molecule has 1 heterocycles. The molecule has 1 aromatic carbocycles. The third-order valence-corrected chi connectivity index (χ3v) is 3.72. The fourth-order valence-corrected chi connectivity index (χ4v) is 2.56. The first-order valence-electron chi connectivity index (χ1n) is 6.30. The summed E-state index contributed by atoms with van der Waals surface area (Å²) >= 11 is 3.56. The summed E-state index contributed by atoms with van der Waals surface area (Å²) in [7, 11) is 0. The molecular formula is C14H18BrN3O. The maximum atomic E-state index is 8.84. The van der Waals surface area contributed by atoms with Crippen molar-refractivity contribution in [1.29, 1.82) is 0 Å². The summed E-state index contributed by atoms with van der Waals surface area (Å²) in [6, 6.07) is 8.47. The standard InChI is InChI=1S/C14H18BrN3O/c1-11(13-4-2-3-5-14(13)15)16-8-12-9-17-18(10-12)6-7-19/h2-5,9-11,16,19H,6-8H2,1H3. The zero-order valence-corrected chi connectivity index (χ0v) is 12.5. The zero-order chi connectivity index (χ0) is 13.7. The van der Waals surface area contributed by atoms with E-state index in [2.05, 4.69) is 39.3 Å². The van der Waals surface area contributed by atoms with Crippen LogP contribution >= 0.6 is 15.9 Å². The van der Waals surface area contributed by atoms with Crippen LogP contribution in [0.2, 0.25) is 0 Å². The maximum absolute atomic E-state index is 8.84. The number of aliphatic hydroxyl groups is 1. The average molecular weight is 324 g/mol. The van der Waals surface area contributed by atoms with Gasteiger partial charge < -0.3 is 10.4 Å². The largest absolute Gasteiger partial charge is 0.394 e. The minimum Gasteiger partial charge on any atom is -0.394 e. The number of benzene rings is 1. The summed E-state index contributed by atoms with van der Waals surface area (Å²) in [4.78, 5) is 0. The van der Waals surface area contributed by atoms with Crippen LogP contribution in [0.3, 0.4) is 0 Å². The predicted molar refractivity (Wildman–Crippen MR) is 78.7 cm³/mol. The molecule has 2 rings (SSSR count). The molecule has 2 aromatic rings. The van der Waals surface area contributed by atoms with Crippen LogP contribution in [0, 0.1) is 0 Å². The number of hydrogen-bond donors (Lipinski definition) is 2. The zero-order valence-electron chi connectivity index (χ0n) is 10.9. The molecule has 5 heteroatoms. The van der Waals surface area contributed by atoms with E-state index in [4.69, 9.17) is 5.11 Å². The fraction of sp³-hybridized carbons (Fsp3) is 0.357. The van der Waals surface area contributed by atoms with Crippen LogP contribution in [-0.4, -0.2) is 21.5 Å². The lowest BCUT2D eigenvalue weighted by Gasteiger charge is -2.15. The van der Waals surface area contributed by atoms with Gasteiger partial charge in [-0.05, 0) is 18.6 Å². The first-order chi connectivity index (χ1) is 9.20. The summed E-state index contributed by atoms with van der Waals surface area (Å²) < 4.78 is 2.87. The molecule has 2 N–H and O–H groups in total. The number of aromatic nitrogens is 2. The molecule has 1 unspecified atom stereocenters. The smallest absolute Gasteiger partial charge is 0.0640 e. The first-order valence-corrected chi connectivity index (χ1v) is 7.10. The van der Waals surface area contributed by atoms with Gasteiger partial charge in [-0.15, -0.1) is 0 Å². The summed E-state index contributed by atoms with van der Waals surface area (Å²) in [5.74, 6) is 0. The highest BCUT2D eigenvalue weighted by atomic mass is 79.9. The lowest BCUT2D eigenvalue weighted by molar-refractivity contribution is 0.269. The molecule has 102 valence electrons. The van der Waals surface area contributed by atoms with Crippen molar-refractivity contribution in [2.75, 3.05) is 6.61 Å². The number of rotatable bonds is 6. The van der Waals surface area contributed by atoms with E-state index in [1.165, 1.54) is 5.56 Å². The van der Waals surface area contributed by atoms with Crippen molar-refractivity contribution in [3.8, 4) is 0 Å². The monoisotopic (exact) mass is 323 g/mol. The van der Waals surface area contributed by atoms with E-state index in [0.29, 0.717) is 6.54 Å². The van der Waals surface area contributed by atoms with Crippen molar-refractivity contribution >= 4 is 15.9 Å². The van der Waals surface area contributed by atoms with E-state index in [1.54, 1.807) is 4.68 Å². The second-order valence-electron chi connectivity index (χ2n) is 4.46. The topological polar surface area (TPSA) is 50.1 Å². The van der Waals surface area contributed by atoms with Gasteiger partial charge in [-0.2, -0.15) is 5.10 Å². The fourth-order valence-electron chi connectivity index (χ4n) is 1.93. The van der Waals surface area contributed by atoms with Crippen molar-refractivity contribution in [2.24, 2.45) is 0 Å². The lowest BCUT2D eigenvalue weighted by atomic mass is 10.1. The van der Waals surface area contributed by atoms with Gasteiger partial charge in [-0.1, -0.05) is 34.1 Å². The molecular weight excluding hydrogens is 306 g/mol. The van der Waals surface area contributed by atoms with E-state index >= 15 is 0 Å². The summed E-state index contributed by atoms with van der Waals surface area (Å²) in [6.45, 7) is 3.55. The van der Waals surface area contributed by atoms with Crippen LogP contribution in [0.15, 0.2) is 41.1 Å². The number of halogens is 1. The molecule has 0 aliphatic carbocycles. The Bertz CT molecular complexity index is 527. The van der Waals surface area contributed by atoms with E-state index in [1.807, 2.05) is 30.6 Å². The normalized spacial score (nSPS) is 12.6. The van der Waals surface area contributed by atoms with Crippen molar-refractivity contribution in [1.82, 2.24) is 15.1 Å². The van der Waals surface area contributed by atoms with Gasteiger partial charge in [0.15, 0.2) is 0 Å². The SMILES string of the molecule is CC(NCc1cnn(CCO)c1)c1ccccc1Br. The minimum absolute atomic E-state index is 0.113. The molecule has 0 radical (unpaired) electrons. The van der Waals surface area contributed by atoms with Gasteiger partial charge in [-0.25, -0.2) is 0 Å². The molecule has 4 nitrogen and oxygen atoms in total. The van der Waals surface area contributed by atoms with Crippen LogP contribution in [0.1, 0.15) is 24.1 Å². The first kappa shape index (κ1) is 14.2. The molecule has 0 aliphatic heterocycles. The molecule has 0 spiro atoms. The van der Waals surface area contributed by atoms with Gasteiger partial charge in [-0.3, -0.25) is 4.68 Å². The molecule has 0 amide bonds. The van der Waals surface area contributed by atoms with Crippen LogP contribution < -0.4 is 5.32 Å². The Labute approximate surface area is 121 Å². The van der Waals surface area contributed by atoms with E-state index in [9.17, 15) is 0 Å². The predicted octanol–water partition coefficient (Wildman–Crippen LogP) is 2.49. The Hall–Kier alpha value is -1.17. The van der Waals surface area contributed by atoms with E-state index < -0.39 is 0 Å². The molecule has 0 saturated heterocycles. The van der Waals surface area contributed by atoms with Gasteiger partial charge in [0.05, 0.1) is 19.3 Å². The molecule has 0 bridgehead atoms. The lowest BCUT2D eigenvalue weighted by Crippen LogP contribution is -2.18. The van der Waals surface area contributed by atoms with Crippen LogP contribution in [0.5, 0.6) is 0 Å². The molecule has 0 fully saturated rings. The van der Waals surface area contributed by atoms with Crippen LogP contribution in [-0.2, 0) is 13.1 Å². The second kappa shape index (κ2) is 6.84. The van der Waals surface area contributed by atoms with Crippen LogP contribution in [0.4, 0.5) is 0 Å². The highest BCUT2D eigenvalue weighted by Gasteiger charge is 2.08. The number of nitrogens with zero attached hydrogens (tertiary/aromatic N) is 2. The Morgan fingerprint density at radius 3 is 2.95 bits per heavy atom. The van der Waals surface area contributed by atoms with Crippen molar-refractivity contribution in [3.63, 3.8) is 0 Å². The van der Waals surface area contributed by atoms with Crippen LogP contribution in [0.25, 0.3) is 0 Å². The van der Waals surface area contributed by atoms with Crippen molar-refractivity contribution in [2.45, 2.75) is 26.1 Å². The summed E-state index contributed by atoms with van der Waals surface area (Å²) in [5.41, 5.74) is 2.36. The third-order valence-electron chi connectivity index (χ3n) is 3.00. The van der Waals surface area contributed by atoms with Gasteiger partial charge in [0, 0.05) is 28.8 Å². The second-order valence-corrected chi connectivity index (χ2v) is 5.31. The third kappa shape index (κ3) is 3.89. The highest BCUT2D eigenvalue weighted by Crippen LogP contribution is 2.22. The maximum Gasteiger partial charge on any atom is 0.0640 e. The van der Waals surface area contributed by atoms with Gasteiger partial charge in [0.25, 0.3) is 0 Å². The highest BCUT2D eigenvalue weighted by molar-refractivity contribution is 9.10. The Kier molecular flexibility index (Phi) is 5.13.